The van der Waals surface area contributed by atoms with Gasteiger partial charge in [0.1, 0.15) is 0 Å². The third-order valence-electron chi connectivity index (χ3n) is 3.93. The molecular weight excluding hydrogens is 240 g/mol. The molecule has 1 aliphatic heterocycles. The lowest BCUT2D eigenvalue weighted by atomic mass is 9.87. The Hall–Kier alpha value is -0.940. The van der Waals surface area contributed by atoms with Crippen LogP contribution in [-0.4, -0.2) is 32.9 Å². The Labute approximate surface area is 115 Å². The first-order chi connectivity index (χ1) is 9.17. The first kappa shape index (κ1) is 14.5. The van der Waals surface area contributed by atoms with E-state index in [-0.39, 0.29) is 6.10 Å². The molecule has 1 fully saturated rings. The van der Waals surface area contributed by atoms with E-state index in [1.165, 1.54) is 11.1 Å². The van der Waals surface area contributed by atoms with Crippen LogP contribution in [-0.2, 0) is 9.47 Å². The second-order valence-corrected chi connectivity index (χ2v) is 5.21. The summed E-state index contributed by atoms with van der Waals surface area (Å²) in [6.45, 7) is 4.96. The number of rotatable bonds is 5. The Morgan fingerprint density at radius 1 is 1.26 bits per heavy atom. The van der Waals surface area contributed by atoms with Crippen molar-refractivity contribution in [2.45, 2.75) is 38.0 Å². The molecule has 4 nitrogen and oxygen atoms in total. The van der Waals surface area contributed by atoms with Crippen molar-refractivity contribution < 1.29 is 9.47 Å². The average Bonchev–Trinajstić information content (AvgIpc) is 2.79. The fraction of sp³-hybridized carbons (Fsp3) is 0.600. The van der Waals surface area contributed by atoms with Crippen molar-refractivity contribution >= 4 is 0 Å². The van der Waals surface area contributed by atoms with E-state index in [0.717, 1.165) is 0 Å². The summed E-state index contributed by atoms with van der Waals surface area (Å²) in [7, 11) is 3.48. The minimum Gasteiger partial charge on any atom is -0.383 e. The maximum atomic E-state index is 5.40. The van der Waals surface area contributed by atoms with E-state index < -0.39 is 0 Å². The van der Waals surface area contributed by atoms with Gasteiger partial charge in [-0.2, -0.15) is 0 Å². The van der Waals surface area contributed by atoms with E-state index in [2.05, 4.69) is 49.0 Å². The summed E-state index contributed by atoms with van der Waals surface area (Å²) in [5.74, 6) is 0.406. The summed E-state index contributed by atoms with van der Waals surface area (Å²) in [6.07, 6.45) is 0.124. The number of nitrogens with one attached hydrogen (secondary N) is 2. The predicted octanol–water partition coefficient (Wildman–Crippen LogP) is 1.99. The molecule has 1 aromatic carbocycles. The SMILES string of the molecule is COCC1NNC(C)C1c1cccc(C(C)OC)c1. The molecule has 19 heavy (non-hydrogen) atoms. The van der Waals surface area contributed by atoms with Gasteiger partial charge in [-0.15, -0.1) is 0 Å². The molecule has 1 heterocycles. The first-order valence-electron chi connectivity index (χ1n) is 6.80. The summed E-state index contributed by atoms with van der Waals surface area (Å²) >= 11 is 0. The number of ether oxygens (including phenoxy) is 2. The zero-order valence-electron chi connectivity index (χ0n) is 12.1. The van der Waals surface area contributed by atoms with Crippen LogP contribution in [0.4, 0.5) is 0 Å². The first-order valence-corrected chi connectivity index (χ1v) is 6.80. The highest BCUT2D eigenvalue weighted by Crippen LogP contribution is 2.29. The average molecular weight is 264 g/mol. The van der Waals surface area contributed by atoms with Crippen LogP contribution < -0.4 is 10.9 Å². The summed E-state index contributed by atoms with van der Waals surface area (Å²) < 4.78 is 10.7. The van der Waals surface area contributed by atoms with E-state index >= 15 is 0 Å². The summed E-state index contributed by atoms with van der Waals surface area (Å²) in [5, 5.41) is 0. The van der Waals surface area contributed by atoms with Crippen LogP contribution in [0.25, 0.3) is 0 Å². The number of hydrogen-bond donors (Lipinski definition) is 2. The number of hydrazine groups is 1. The van der Waals surface area contributed by atoms with Crippen molar-refractivity contribution in [2.75, 3.05) is 20.8 Å². The van der Waals surface area contributed by atoms with Gasteiger partial charge in [0.25, 0.3) is 0 Å². The summed E-state index contributed by atoms with van der Waals surface area (Å²) in [5.41, 5.74) is 9.16. The number of benzene rings is 1. The van der Waals surface area contributed by atoms with Gasteiger partial charge in [-0.25, -0.2) is 0 Å². The molecule has 2 N–H and O–H groups in total. The van der Waals surface area contributed by atoms with E-state index in [1.54, 1.807) is 14.2 Å². The number of hydrogen-bond acceptors (Lipinski definition) is 4. The van der Waals surface area contributed by atoms with Gasteiger partial charge in [-0.05, 0) is 25.0 Å². The third kappa shape index (κ3) is 3.15. The van der Waals surface area contributed by atoms with Crippen LogP contribution in [0, 0.1) is 0 Å². The lowest BCUT2D eigenvalue weighted by Gasteiger charge is -2.22. The molecule has 4 heteroatoms. The fourth-order valence-corrected chi connectivity index (χ4v) is 2.77. The molecule has 4 atom stereocenters. The smallest absolute Gasteiger partial charge is 0.0793 e. The molecule has 0 amide bonds. The third-order valence-corrected chi connectivity index (χ3v) is 3.93. The molecule has 4 unspecified atom stereocenters. The Balaban J connectivity index is 2.24. The van der Waals surface area contributed by atoms with E-state index in [0.29, 0.717) is 24.6 Å². The monoisotopic (exact) mass is 264 g/mol. The standard InChI is InChI=1S/C15H24N2O2/c1-10-15(14(9-18-3)17-16-10)13-7-5-6-12(8-13)11(2)19-4/h5-8,10-11,14-17H,9H2,1-4H3. The summed E-state index contributed by atoms with van der Waals surface area (Å²) in [6, 6.07) is 9.33. The van der Waals surface area contributed by atoms with E-state index in [1.807, 2.05) is 0 Å². The van der Waals surface area contributed by atoms with Gasteiger partial charge in [-0.3, -0.25) is 10.9 Å². The molecule has 1 aromatic rings. The van der Waals surface area contributed by atoms with Gasteiger partial charge in [-0.1, -0.05) is 24.3 Å². The van der Waals surface area contributed by atoms with Gasteiger partial charge >= 0.3 is 0 Å². The van der Waals surface area contributed by atoms with Crippen molar-refractivity contribution in [1.82, 2.24) is 10.9 Å². The molecule has 2 rings (SSSR count). The normalized spacial score (nSPS) is 28.5. The Morgan fingerprint density at radius 3 is 2.74 bits per heavy atom. The lowest BCUT2D eigenvalue weighted by molar-refractivity contribution is 0.119. The van der Waals surface area contributed by atoms with E-state index in [9.17, 15) is 0 Å². The Morgan fingerprint density at radius 2 is 2.05 bits per heavy atom. The molecule has 0 saturated carbocycles. The molecule has 1 aliphatic rings. The van der Waals surface area contributed by atoms with Crippen molar-refractivity contribution in [3.05, 3.63) is 35.4 Å². The minimum absolute atomic E-state index is 0.124. The maximum Gasteiger partial charge on any atom is 0.0793 e. The van der Waals surface area contributed by atoms with Crippen molar-refractivity contribution in [2.24, 2.45) is 0 Å². The molecule has 0 aromatic heterocycles. The molecule has 106 valence electrons. The highest BCUT2D eigenvalue weighted by molar-refractivity contribution is 5.30. The van der Waals surface area contributed by atoms with Gasteiger partial charge in [0.15, 0.2) is 0 Å². The highest BCUT2D eigenvalue weighted by Gasteiger charge is 2.34. The highest BCUT2D eigenvalue weighted by atomic mass is 16.5. The van der Waals surface area contributed by atoms with Crippen molar-refractivity contribution in [1.29, 1.82) is 0 Å². The zero-order valence-corrected chi connectivity index (χ0v) is 12.1. The van der Waals surface area contributed by atoms with Gasteiger partial charge in [0, 0.05) is 26.2 Å². The molecule has 1 saturated heterocycles. The van der Waals surface area contributed by atoms with Crippen LogP contribution in [0.3, 0.4) is 0 Å². The molecule has 0 spiro atoms. The topological polar surface area (TPSA) is 42.5 Å². The molecule has 0 bridgehead atoms. The predicted molar refractivity (Wildman–Crippen MR) is 76.0 cm³/mol. The molecular formula is C15H24N2O2. The van der Waals surface area contributed by atoms with Gasteiger partial charge < -0.3 is 9.47 Å². The second-order valence-electron chi connectivity index (χ2n) is 5.21. The maximum absolute atomic E-state index is 5.40. The minimum atomic E-state index is 0.124. The van der Waals surface area contributed by atoms with Gasteiger partial charge in [0.05, 0.1) is 18.8 Å². The van der Waals surface area contributed by atoms with Crippen LogP contribution in [0.1, 0.15) is 37.0 Å². The second kappa shape index (κ2) is 6.48. The molecule has 0 aliphatic carbocycles. The van der Waals surface area contributed by atoms with E-state index in [4.69, 9.17) is 9.47 Å². The van der Waals surface area contributed by atoms with Crippen molar-refractivity contribution in [3.8, 4) is 0 Å². The van der Waals surface area contributed by atoms with Crippen molar-refractivity contribution in [3.63, 3.8) is 0 Å². The Bertz CT molecular complexity index is 409. The van der Waals surface area contributed by atoms with Crippen LogP contribution in [0.15, 0.2) is 24.3 Å². The van der Waals surface area contributed by atoms with Crippen LogP contribution in [0.5, 0.6) is 0 Å². The fourth-order valence-electron chi connectivity index (χ4n) is 2.77. The summed E-state index contributed by atoms with van der Waals surface area (Å²) in [4.78, 5) is 0. The zero-order chi connectivity index (χ0) is 13.8. The van der Waals surface area contributed by atoms with Crippen LogP contribution in [0.2, 0.25) is 0 Å². The molecule has 0 radical (unpaired) electrons. The van der Waals surface area contributed by atoms with Crippen LogP contribution >= 0.6 is 0 Å². The van der Waals surface area contributed by atoms with Gasteiger partial charge in [0.2, 0.25) is 0 Å². The quantitative estimate of drug-likeness (QED) is 0.853. The number of methoxy groups -OCH3 is 2. The largest absolute Gasteiger partial charge is 0.383 e. The Kier molecular flexibility index (Phi) is 4.93. The lowest BCUT2D eigenvalue weighted by Crippen LogP contribution is -2.35.